The van der Waals surface area contributed by atoms with Crippen molar-refractivity contribution in [2.75, 3.05) is 13.2 Å². The number of amides is 1. The highest BCUT2D eigenvalue weighted by molar-refractivity contribution is 6.56. The average molecular weight is 391 g/mol. The molecule has 1 N–H and O–H groups in total. The summed E-state index contributed by atoms with van der Waals surface area (Å²) in [4.78, 5) is 23.4. The van der Waals surface area contributed by atoms with E-state index in [0.29, 0.717) is 11.0 Å². The molecule has 0 radical (unpaired) electrons. The molecule has 0 unspecified atom stereocenters. The lowest BCUT2D eigenvalue weighted by molar-refractivity contribution is -0.118. The molecule has 1 fully saturated rings. The van der Waals surface area contributed by atoms with Crippen molar-refractivity contribution in [1.29, 1.82) is 0 Å². The number of carbonyl (C=O) groups is 2. The average Bonchev–Trinajstić information content (AvgIpc) is 2.80. The molecule has 1 aromatic rings. The zero-order chi connectivity index (χ0) is 21.1. The zero-order valence-electron chi connectivity index (χ0n) is 17.2. The molecule has 8 heteroatoms. The second-order valence-electron chi connectivity index (χ2n) is 7.68. The Morgan fingerprint density at radius 3 is 2.36 bits per heavy atom. The third-order valence-electron chi connectivity index (χ3n) is 4.94. The van der Waals surface area contributed by atoms with Crippen molar-refractivity contribution in [3.05, 3.63) is 40.6 Å². The summed E-state index contributed by atoms with van der Waals surface area (Å²) in [6.07, 6.45) is 1.72. The number of ether oxygens (including phenoxy) is 1. The molecule has 28 heavy (non-hydrogen) atoms. The normalized spacial score (nSPS) is 18.1. The van der Waals surface area contributed by atoms with Crippen LogP contribution in [0.2, 0.25) is 0 Å². The molecule has 0 aromatic heterocycles. The Balaban J connectivity index is 2.39. The Labute approximate surface area is 165 Å². The molecule has 0 atom stereocenters. The van der Waals surface area contributed by atoms with Crippen LogP contribution in [0.5, 0.6) is 0 Å². The molecule has 152 valence electrons. The van der Waals surface area contributed by atoms with E-state index in [1.165, 1.54) is 25.1 Å². The van der Waals surface area contributed by atoms with Gasteiger partial charge in [-0.2, -0.15) is 0 Å². The lowest BCUT2D eigenvalue weighted by atomic mass is 9.77. The molecule has 1 aromatic carbocycles. The Bertz CT molecular complexity index is 775. The SMILES string of the molecule is CCOC(=O)c1cc(C=C(CNC(C)=O)B2OC(C)(C)C(C)(C)O2)ccc1F. The fourth-order valence-electron chi connectivity index (χ4n) is 2.64. The molecular weight excluding hydrogens is 364 g/mol. The van der Waals surface area contributed by atoms with Gasteiger partial charge in [0.15, 0.2) is 0 Å². The van der Waals surface area contributed by atoms with Gasteiger partial charge in [-0.1, -0.05) is 12.1 Å². The number of benzene rings is 1. The lowest BCUT2D eigenvalue weighted by Gasteiger charge is -2.32. The summed E-state index contributed by atoms with van der Waals surface area (Å²) < 4.78 is 31.0. The topological polar surface area (TPSA) is 73.9 Å². The molecular formula is C20H27BFNO5. The summed E-state index contributed by atoms with van der Waals surface area (Å²) in [5.74, 6) is -1.59. The van der Waals surface area contributed by atoms with Crippen molar-refractivity contribution < 1.29 is 28.0 Å². The Morgan fingerprint density at radius 2 is 1.82 bits per heavy atom. The quantitative estimate of drug-likeness (QED) is 0.596. The summed E-state index contributed by atoms with van der Waals surface area (Å²) >= 11 is 0. The van der Waals surface area contributed by atoms with Crippen molar-refractivity contribution in [3.8, 4) is 0 Å². The molecule has 6 nitrogen and oxygen atoms in total. The molecule has 1 amide bonds. The first-order valence-corrected chi connectivity index (χ1v) is 9.24. The Morgan fingerprint density at radius 1 is 1.21 bits per heavy atom. The highest BCUT2D eigenvalue weighted by Crippen LogP contribution is 2.38. The first-order chi connectivity index (χ1) is 13.0. The first kappa shape index (κ1) is 22.1. The Hall–Kier alpha value is -2.19. The van der Waals surface area contributed by atoms with Crippen LogP contribution < -0.4 is 5.32 Å². The maximum absolute atomic E-state index is 14.0. The largest absolute Gasteiger partial charge is 0.492 e. The number of rotatable bonds is 6. The van der Waals surface area contributed by atoms with Crippen LogP contribution in [0.25, 0.3) is 6.08 Å². The number of hydrogen-bond donors (Lipinski definition) is 1. The van der Waals surface area contributed by atoms with Crippen molar-refractivity contribution >= 4 is 25.1 Å². The smallest absolute Gasteiger partial charge is 0.462 e. The zero-order valence-corrected chi connectivity index (χ0v) is 17.2. The van der Waals surface area contributed by atoms with E-state index in [2.05, 4.69) is 5.32 Å². The monoisotopic (exact) mass is 391 g/mol. The molecule has 0 aliphatic carbocycles. The number of esters is 1. The minimum absolute atomic E-state index is 0.150. The molecule has 0 saturated carbocycles. The second kappa shape index (κ2) is 8.45. The third-order valence-corrected chi connectivity index (χ3v) is 4.94. The highest BCUT2D eigenvalue weighted by atomic mass is 19.1. The molecule has 1 saturated heterocycles. The van der Waals surface area contributed by atoms with E-state index in [-0.39, 0.29) is 24.6 Å². The fourth-order valence-corrected chi connectivity index (χ4v) is 2.64. The van der Waals surface area contributed by atoms with Crippen LogP contribution >= 0.6 is 0 Å². The van der Waals surface area contributed by atoms with Crippen molar-refractivity contribution in [2.24, 2.45) is 0 Å². The van der Waals surface area contributed by atoms with Gasteiger partial charge < -0.3 is 19.4 Å². The van der Waals surface area contributed by atoms with E-state index < -0.39 is 30.1 Å². The number of hydrogen-bond acceptors (Lipinski definition) is 5. The van der Waals surface area contributed by atoms with Crippen LogP contribution in [-0.4, -0.2) is 43.3 Å². The van der Waals surface area contributed by atoms with Crippen LogP contribution in [0.15, 0.2) is 23.7 Å². The lowest BCUT2D eigenvalue weighted by Crippen LogP contribution is -2.41. The summed E-state index contributed by atoms with van der Waals surface area (Å²) in [6.45, 7) is 11.1. The first-order valence-electron chi connectivity index (χ1n) is 9.24. The van der Waals surface area contributed by atoms with Crippen LogP contribution in [0.1, 0.15) is 57.5 Å². The standard InChI is InChI=1S/C20H27BFNO5/c1-7-26-18(25)16-11-14(8-9-17(16)22)10-15(12-23-13(2)24)21-27-19(3,4)20(5,6)28-21/h8-11H,7,12H2,1-6H3,(H,23,24). The summed E-state index contributed by atoms with van der Waals surface area (Å²) in [6, 6.07) is 4.15. The van der Waals surface area contributed by atoms with Gasteiger partial charge in [0, 0.05) is 13.5 Å². The van der Waals surface area contributed by atoms with E-state index in [1.807, 2.05) is 27.7 Å². The van der Waals surface area contributed by atoms with E-state index in [0.717, 1.165) is 0 Å². The van der Waals surface area contributed by atoms with Crippen LogP contribution in [0.4, 0.5) is 4.39 Å². The van der Waals surface area contributed by atoms with Crippen LogP contribution in [-0.2, 0) is 18.8 Å². The maximum atomic E-state index is 14.0. The molecule has 0 spiro atoms. The molecule has 2 rings (SSSR count). The van der Waals surface area contributed by atoms with Crippen molar-refractivity contribution in [3.63, 3.8) is 0 Å². The van der Waals surface area contributed by atoms with Crippen LogP contribution in [0.3, 0.4) is 0 Å². The number of halogens is 1. The van der Waals surface area contributed by atoms with E-state index in [1.54, 1.807) is 13.0 Å². The van der Waals surface area contributed by atoms with Gasteiger partial charge in [-0.3, -0.25) is 4.79 Å². The van der Waals surface area contributed by atoms with Gasteiger partial charge in [0.2, 0.25) is 5.91 Å². The van der Waals surface area contributed by atoms with Gasteiger partial charge in [0.25, 0.3) is 0 Å². The van der Waals surface area contributed by atoms with Gasteiger partial charge >= 0.3 is 13.1 Å². The summed E-state index contributed by atoms with van der Waals surface area (Å²) in [5.41, 5.74) is -0.0317. The van der Waals surface area contributed by atoms with Gasteiger partial charge in [-0.25, -0.2) is 9.18 Å². The summed E-state index contributed by atoms with van der Waals surface area (Å²) in [7, 11) is -0.687. The minimum Gasteiger partial charge on any atom is -0.462 e. The van der Waals surface area contributed by atoms with Gasteiger partial charge in [-0.15, -0.1) is 0 Å². The van der Waals surface area contributed by atoms with Gasteiger partial charge in [-0.05, 0) is 57.8 Å². The van der Waals surface area contributed by atoms with E-state index in [9.17, 15) is 14.0 Å². The fraction of sp³-hybridized carbons (Fsp3) is 0.500. The van der Waals surface area contributed by atoms with Crippen molar-refractivity contribution in [2.45, 2.75) is 52.7 Å². The van der Waals surface area contributed by atoms with E-state index in [4.69, 9.17) is 14.0 Å². The predicted octanol–water partition coefficient (Wildman–Crippen LogP) is 3.15. The number of nitrogens with one attached hydrogen (secondary N) is 1. The van der Waals surface area contributed by atoms with Gasteiger partial charge in [0.1, 0.15) is 5.82 Å². The molecule has 1 aliphatic rings. The maximum Gasteiger partial charge on any atom is 0.492 e. The predicted molar refractivity (Wildman–Crippen MR) is 105 cm³/mol. The third kappa shape index (κ3) is 5.00. The molecule has 1 aliphatic heterocycles. The highest BCUT2D eigenvalue weighted by Gasteiger charge is 2.52. The summed E-state index contributed by atoms with van der Waals surface area (Å²) in [5, 5.41) is 2.73. The molecule has 0 bridgehead atoms. The molecule has 1 heterocycles. The van der Waals surface area contributed by atoms with E-state index >= 15 is 0 Å². The Kier molecular flexibility index (Phi) is 6.67. The van der Waals surface area contributed by atoms with Crippen LogP contribution in [0, 0.1) is 5.82 Å². The van der Waals surface area contributed by atoms with Gasteiger partial charge in [0.05, 0.1) is 23.4 Å². The number of carbonyl (C=O) groups excluding carboxylic acids is 2. The van der Waals surface area contributed by atoms with Crippen molar-refractivity contribution in [1.82, 2.24) is 5.32 Å². The second-order valence-corrected chi connectivity index (χ2v) is 7.68. The minimum atomic E-state index is -0.728.